The Hall–Kier alpha value is -0.770. The molecule has 0 spiro atoms. The maximum absolute atomic E-state index is 6.15. The molecule has 2 unspecified atom stereocenters. The molecule has 0 saturated carbocycles. The number of nitrogens with one attached hydrogen (secondary N) is 1. The number of nitrogens with zero attached hydrogens (tertiary/aromatic N) is 1. The standard InChI is InChI=1S/C17H27ClN2O/c1-12(2)7-16-9-19-13(3)10-20(16)11-14-8-15(18)5-6-17(14)21-4/h5-6,8,12-13,16,19H,7,9-11H2,1-4H3. The Morgan fingerprint density at radius 1 is 1.43 bits per heavy atom. The Balaban J connectivity index is 2.15. The summed E-state index contributed by atoms with van der Waals surface area (Å²) in [6.07, 6.45) is 1.21. The van der Waals surface area contributed by atoms with Crippen molar-refractivity contribution in [2.24, 2.45) is 5.92 Å². The lowest BCUT2D eigenvalue weighted by atomic mass is 9.98. The summed E-state index contributed by atoms with van der Waals surface area (Å²) in [7, 11) is 1.72. The Morgan fingerprint density at radius 2 is 2.19 bits per heavy atom. The highest BCUT2D eigenvalue weighted by atomic mass is 35.5. The minimum Gasteiger partial charge on any atom is -0.496 e. The maximum Gasteiger partial charge on any atom is 0.123 e. The van der Waals surface area contributed by atoms with Gasteiger partial charge in [0.2, 0.25) is 0 Å². The van der Waals surface area contributed by atoms with Gasteiger partial charge in [-0.25, -0.2) is 0 Å². The lowest BCUT2D eigenvalue weighted by molar-refractivity contribution is 0.110. The van der Waals surface area contributed by atoms with E-state index in [0.29, 0.717) is 18.0 Å². The fraction of sp³-hybridized carbons (Fsp3) is 0.647. The van der Waals surface area contributed by atoms with Crippen LogP contribution in [0.25, 0.3) is 0 Å². The first kappa shape index (κ1) is 16.6. The van der Waals surface area contributed by atoms with Crippen molar-refractivity contribution in [3.8, 4) is 5.75 Å². The van der Waals surface area contributed by atoms with Crippen LogP contribution in [0, 0.1) is 5.92 Å². The second-order valence-electron chi connectivity index (χ2n) is 6.48. The van der Waals surface area contributed by atoms with Crippen molar-refractivity contribution in [3.63, 3.8) is 0 Å². The van der Waals surface area contributed by atoms with Crippen LogP contribution in [0.5, 0.6) is 5.75 Å². The van der Waals surface area contributed by atoms with Crippen LogP contribution in [0.4, 0.5) is 0 Å². The first-order chi connectivity index (χ1) is 9.99. The Kier molecular flexibility index (Phi) is 5.91. The number of ether oxygens (including phenoxy) is 1. The lowest BCUT2D eigenvalue weighted by Crippen LogP contribution is -2.55. The van der Waals surface area contributed by atoms with Gasteiger partial charge >= 0.3 is 0 Å². The second-order valence-corrected chi connectivity index (χ2v) is 6.91. The normalized spacial score (nSPS) is 23.5. The summed E-state index contributed by atoms with van der Waals surface area (Å²) in [4.78, 5) is 2.56. The molecular weight excluding hydrogens is 284 g/mol. The van der Waals surface area contributed by atoms with Crippen LogP contribution in [-0.4, -0.2) is 37.2 Å². The largest absolute Gasteiger partial charge is 0.496 e. The van der Waals surface area contributed by atoms with E-state index in [0.717, 1.165) is 30.4 Å². The van der Waals surface area contributed by atoms with Gasteiger partial charge in [-0.05, 0) is 37.5 Å². The molecule has 2 rings (SSSR count). The number of hydrogen-bond donors (Lipinski definition) is 1. The monoisotopic (exact) mass is 310 g/mol. The van der Waals surface area contributed by atoms with Gasteiger partial charge in [0.1, 0.15) is 5.75 Å². The van der Waals surface area contributed by atoms with E-state index in [2.05, 4.69) is 31.0 Å². The van der Waals surface area contributed by atoms with Gasteiger partial charge in [0.25, 0.3) is 0 Å². The van der Waals surface area contributed by atoms with E-state index in [1.807, 2.05) is 18.2 Å². The summed E-state index contributed by atoms with van der Waals surface area (Å²) in [5, 5.41) is 4.37. The third kappa shape index (κ3) is 4.60. The molecule has 0 aliphatic carbocycles. The second kappa shape index (κ2) is 7.48. The number of hydrogen-bond acceptors (Lipinski definition) is 3. The van der Waals surface area contributed by atoms with Gasteiger partial charge in [0.05, 0.1) is 7.11 Å². The molecule has 1 fully saturated rings. The number of benzene rings is 1. The smallest absolute Gasteiger partial charge is 0.123 e. The van der Waals surface area contributed by atoms with Crippen LogP contribution in [0.3, 0.4) is 0 Å². The van der Waals surface area contributed by atoms with E-state index < -0.39 is 0 Å². The third-order valence-electron chi connectivity index (χ3n) is 4.09. The first-order valence-electron chi connectivity index (χ1n) is 7.79. The third-order valence-corrected chi connectivity index (χ3v) is 4.32. The molecule has 1 aromatic carbocycles. The quantitative estimate of drug-likeness (QED) is 0.900. The Morgan fingerprint density at radius 3 is 2.86 bits per heavy atom. The van der Waals surface area contributed by atoms with Gasteiger partial charge in [0.15, 0.2) is 0 Å². The van der Waals surface area contributed by atoms with Crippen molar-refractivity contribution >= 4 is 11.6 Å². The van der Waals surface area contributed by atoms with E-state index in [4.69, 9.17) is 16.3 Å². The summed E-state index contributed by atoms with van der Waals surface area (Å²) in [5.41, 5.74) is 1.17. The molecule has 1 aliphatic heterocycles. The summed E-state index contributed by atoms with van der Waals surface area (Å²) in [6.45, 7) is 9.84. The summed E-state index contributed by atoms with van der Waals surface area (Å²) in [5.74, 6) is 1.63. The number of rotatable bonds is 5. The molecule has 1 aromatic rings. The fourth-order valence-electron chi connectivity index (χ4n) is 3.09. The molecule has 0 radical (unpaired) electrons. The van der Waals surface area contributed by atoms with Gasteiger partial charge in [-0.2, -0.15) is 0 Å². The van der Waals surface area contributed by atoms with Crippen molar-refractivity contribution < 1.29 is 4.74 Å². The summed E-state index contributed by atoms with van der Waals surface area (Å²) in [6, 6.07) is 6.97. The van der Waals surface area contributed by atoms with Gasteiger partial charge < -0.3 is 10.1 Å². The fourth-order valence-corrected chi connectivity index (χ4v) is 3.29. The molecule has 3 nitrogen and oxygen atoms in total. The SMILES string of the molecule is COc1ccc(Cl)cc1CN1CC(C)NCC1CC(C)C. The lowest BCUT2D eigenvalue weighted by Gasteiger charge is -2.40. The summed E-state index contributed by atoms with van der Waals surface area (Å²) < 4.78 is 5.48. The zero-order valence-corrected chi connectivity index (χ0v) is 14.3. The predicted octanol–water partition coefficient (Wildman–Crippen LogP) is 3.56. The van der Waals surface area contributed by atoms with E-state index in [-0.39, 0.29) is 0 Å². The zero-order chi connectivity index (χ0) is 15.4. The molecule has 2 atom stereocenters. The van der Waals surface area contributed by atoms with Crippen molar-refractivity contribution in [3.05, 3.63) is 28.8 Å². The van der Waals surface area contributed by atoms with Gasteiger partial charge in [0, 0.05) is 42.3 Å². The van der Waals surface area contributed by atoms with E-state index in [1.165, 1.54) is 12.0 Å². The average molecular weight is 311 g/mol. The Labute approximate surface area is 133 Å². The topological polar surface area (TPSA) is 24.5 Å². The van der Waals surface area contributed by atoms with E-state index >= 15 is 0 Å². The number of halogens is 1. The van der Waals surface area contributed by atoms with E-state index in [1.54, 1.807) is 7.11 Å². The molecule has 0 aromatic heterocycles. The molecule has 1 saturated heterocycles. The number of methoxy groups -OCH3 is 1. The molecule has 1 N–H and O–H groups in total. The molecule has 4 heteroatoms. The minimum atomic E-state index is 0.526. The highest BCUT2D eigenvalue weighted by molar-refractivity contribution is 6.30. The van der Waals surface area contributed by atoms with Crippen molar-refractivity contribution in [2.45, 2.75) is 45.8 Å². The molecule has 1 aliphatic rings. The van der Waals surface area contributed by atoms with Crippen LogP contribution in [-0.2, 0) is 6.54 Å². The molecule has 0 amide bonds. The van der Waals surface area contributed by atoms with Gasteiger partial charge in [-0.3, -0.25) is 4.90 Å². The number of piperazine rings is 1. The van der Waals surface area contributed by atoms with Crippen LogP contribution < -0.4 is 10.1 Å². The van der Waals surface area contributed by atoms with Crippen LogP contribution >= 0.6 is 11.6 Å². The molecule has 1 heterocycles. The highest BCUT2D eigenvalue weighted by Gasteiger charge is 2.27. The molecule has 118 valence electrons. The summed E-state index contributed by atoms with van der Waals surface area (Å²) >= 11 is 6.15. The van der Waals surface area contributed by atoms with Crippen LogP contribution in [0.1, 0.15) is 32.8 Å². The molecule has 21 heavy (non-hydrogen) atoms. The maximum atomic E-state index is 6.15. The van der Waals surface area contributed by atoms with Crippen molar-refractivity contribution in [1.82, 2.24) is 10.2 Å². The van der Waals surface area contributed by atoms with Crippen molar-refractivity contribution in [2.75, 3.05) is 20.2 Å². The average Bonchev–Trinajstić information content (AvgIpc) is 2.42. The first-order valence-corrected chi connectivity index (χ1v) is 8.17. The van der Waals surface area contributed by atoms with Crippen LogP contribution in [0.2, 0.25) is 5.02 Å². The molecule has 0 bridgehead atoms. The van der Waals surface area contributed by atoms with Crippen molar-refractivity contribution in [1.29, 1.82) is 0 Å². The Bertz CT molecular complexity index is 464. The van der Waals surface area contributed by atoms with E-state index in [9.17, 15) is 0 Å². The predicted molar refractivity (Wildman–Crippen MR) is 89.1 cm³/mol. The molecular formula is C17H27ClN2O. The van der Waals surface area contributed by atoms with Gasteiger partial charge in [-0.1, -0.05) is 25.4 Å². The van der Waals surface area contributed by atoms with Gasteiger partial charge in [-0.15, -0.1) is 0 Å². The zero-order valence-electron chi connectivity index (χ0n) is 13.5. The highest BCUT2D eigenvalue weighted by Crippen LogP contribution is 2.26. The minimum absolute atomic E-state index is 0.526. The van der Waals surface area contributed by atoms with Crippen LogP contribution in [0.15, 0.2) is 18.2 Å².